The SMILES string of the molecule is CC(C)Cn1c(N=CN(C)C)nc2ccc(-c3c(-c4ccccc4)nc(-c4c(F)cccc4F)n3C)nc21. The average Bonchev–Trinajstić information content (AvgIpc) is 3.40. The van der Waals surface area contributed by atoms with Gasteiger partial charge in [0.25, 0.3) is 0 Å². The summed E-state index contributed by atoms with van der Waals surface area (Å²) in [5.41, 5.74) is 3.87. The van der Waals surface area contributed by atoms with Crippen molar-refractivity contribution < 1.29 is 8.78 Å². The van der Waals surface area contributed by atoms with Gasteiger partial charge in [-0.25, -0.2) is 28.7 Å². The minimum absolute atomic E-state index is 0.176. The Bertz CT molecular complexity index is 1610. The van der Waals surface area contributed by atoms with Gasteiger partial charge < -0.3 is 9.47 Å². The smallest absolute Gasteiger partial charge is 0.233 e. The highest BCUT2D eigenvalue weighted by Crippen LogP contribution is 2.37. The molecule has 0 N–H and O–H groups in total. The highest BCUT2D eigenvalue weighted by Gasteiger charge is 2.25. The van der Waals surface area contributed by atoms with Crippen LogP contribution in [0, 0.1) is 17.6 Å². The standard InChI is InChI=1S/C29H29F2N7/c1-18(2)16-38-27-23(34-29(38)32-17-36(3)4)15-14-22(33-27)26-25(19-10-7-6-8-11-19)35-28(37(26)5)24-20(30)12-9-13-21(24)31/h6-15,17-18H,16H2,1-5H3. The lowest BCUT2D eigenvalue weighted by Crippen LogP contribution is -2.09. The highest BCUT2D eigenvalue weighted by molar-refractivity contribution is 5.84. The van der Waals surface area contributed by atoms with Gasteiger partial charge in [-0.05, 0) is 30.2 Å². The monoisotopic (exact) mass is 513 g/mol. The van der Waals surface area contributed by atoms with E-state index in [9.17, 15) is 8.78 Å². The molecule has 0 aliphatic heterocycles. The Morgan fingerprint density at radius 3 is 2.29 bits per heavy atom. The quantitative estimate of drug-likeness (QED) is 0.189. The number of imidazole rings is 2. The number of fused-ring (bicyclic) bond motifs is 1. The van der Waals surface area contributed by atoms with Crippen LogP contribution in [0.5, 0.6) is 0 Å². The Balaban J connectivity index is 1.76. The largest absolute Gasteiger partial charge is 0.369 e. The van der Waals surface area contributed by atoms with E-state index < -0.39 is 11.6 Å². The van der Waals surface area contributed by atoms with Crippen LogP contribution in [0.3, 0.4) is 0 Å². The number of nitrogens with zero attached hydrogens (tertiary/aromatic N) is 7. The Morgan fingerprint density at radius 2 is 1.63 bits per heavy atom. The molecule has 0 fully saturated rings. The number of hydrogen-bond acceptors (Lipinski definition) is 4. The zero-order valence-electron chi connectivity index (χ0n) is 22.0. The van der Waals surface area contributed by atoms with Crippen molar-refractivity contribution in [2.24, 2.45) is 18.0 Å². The molecular weight excluding hydrogens is 484 g/mol. The molecule has 0 spiro atoms. The molecular formula is C29H29F2N7. The molecule has 9 heteroatoms. The Labute approximate surface area is 220 Å². The summed E-state index contributed by atoms with van der Waals surface area (Å²) >= 11 is 0. The van der Waals surface area contributed by atoms with Crippen molar-refractivity contribution in [3.63, 3.8) is 0 Å². The first-order valence-corrected chi connectivity index (χ1v) is 12.4. The molecule has 194 valence electrons. The van der Waals surface area contributed by atoms with Crippen LogP contribution in [0.15, 0.2) is 65.7 Å². The van der Waals surface area contributed by atoms with E-state index in [0.717, 1.165) is 5.56 Å². The molecule has 5 aromatic rings. The van der Waals surface area contributed by atoms with Gasteiger partial charge in [-0.1, -0.05) is 50.2 Å². The number of aromatic nitrogens is 5. The van der Waals surface area contributed by atoms with Gasteiger partial charge >= 0.3 is 0 Å². The fourth-order valence-electron chi connectivity index (χ4n) is 4.44. The van der Waals surface area contributed by atoms with Crippen molar-refractivity contribution >= 4 is 23.5 Å². The fourth-order valence-corrected chi connectivity index (χ4v) is 4.44. The number of halogens is 2. The number of hydrogen-bond donors (Lipinski definition) is 0. The molecule has 0 radical (unpaired) electrons. The molecule has 0 saturated heterocycles. The van der Waals surface area contributed by atoms with E-state index >= 15 is 0 Å². The normalized spacial score (nSPS) is 11.8. The summed E-state index contributed by atoms with van der Waals surface area (Å²) in [4.78, 5) is 20.9. The number of pyridine rings is 1. The van der Waals surface area contributed by atoms with E-state index in [4.69, 9.17) is 15.0 Å². The molecule has 0 aliphatic rings. The predicted molar refractivity (Wildman–Crippen MR) is 147 cm³/mol. The van der Waals surface area contributed by atoms with Crippen LogP contribution in [0.25, 0.3) is 45.2 Å². The maximum atomic E-state index is 14.8. The molecule has 3 aromatic heterocycles. The summed E-state index contributed by atoms with van der Waals surface area (Å²) in [6.07, 6.45) is 1.71. The highest BCUT2D eigenvalue weighted by atomic mass is 19.1. The van der Waals surface area contributed by atoms with Crippen LogP contribution in [-0.2, 0) is 13.6 Å². The van der Waals surface area contributed by atoms with E-state index in [1.54, 1.807) is 18.0 Å². The van der Waals surface area contributed by atoms with Crippen molar-refractivity contribution in [2.45, 2.75) is 20.4 Å². The van der Waals surface area contributed by atoms with Gasteiger partial charge in [0, 0.05) is 33.3 Å². The van der Waals surface area contributed by atoms with Crippen LogP contribution in [-0.4, -0.2) is 49.4 Å². The molecule has 0 amide bonds. The van der Waals surface area contributed by atoms with Gasteiger partial charge in [0.2, 0.25) is 5.95 Å². The molecule has 7 nitrogen and oxygen atoms in total. The van der Waals surface area contributed by atoms with E-state index in [-0.39, 0.29) is 11.4 Å². The van der Waals surface area contributed by atoms with Crippen LogP contribution >= 0.6 is 0 Å². The summed E-state index contributed by atoms with van der Waals surface area (Å²) in [5.74, 6) is -0.270. The van der Waals surface area contributed by atoms with Crippen molar-refractivity contribution in [1.82, 2.24) is 29.0 Å². The third kappa shape index (κ3) is 4.67. The zero-order valence-corrected chi connectivity index (χ0v) is 22.0. The second-order valence-corrected chi connectivity index (χ2v) is 9.82. The molecule has 0 bridgehead atoms. The number of benzene rings is 2. The van der Waals surface area contributed by atoms with Crippen LogP contribution in [0.1, 0.15) is 13.8 Å². The first kappa shape index (κ1) is 25.3. The fraction of sp³-hybridized carbons (Fsp3) is 0.241. The average molecular weight is 514 g/mol. The maximum absolute atomic E-state index is 14.8. The van der Waals surface area contributed by atoms with Gasteiger partial charge in [-0.2, -0.15) is 0 Å². The number of rotatable bonds is 7. The van der Waals surface area contributed by atoms with E-state index in [0.29, 0.717) is 46.7 Å². The lowest BCUT2D eigenvalue weighted by molar-refractivity contribution is 0.532. The van der Waals surface area contributed by atoms with Gasteiger partial charge in [0.15, 0.2) is 5.65 Å². The summed E-state index contributed by atoms with van der Waals surface area (Å²) in [6.45, 7) is 4.92. The second kappa shape index (κ2) is 10.2. The first-order valence-electron chi connectivity index (χ1n) is 12.4. The summed E-state index contributed by atoms with van der Waals surface area (Å²) in [5, 5.41) is 0. The molecule has 0 aliphatic carbocycles. The summed E-state index contributed by atoms with van der Waals surface area (Å²) in [6, 6.07) is 17.1. The molecule has 5 rings (SSSR count). The van der Waals surface area contributed by atoms with E-state index in [1.165, 1.54) is 18.2 Å². The molecule has 0 unspecified atom stereocenters. The molecule has 38 heavy (non-hydrogen) atoms. The Morgan fingerprint density at radius 1 is 0.921 bits per heavy atom. The molecule has 0 atom stereocenters. The van der Waals surface area contributed by atoms with Gasteiger partial charge in [0.05, 0.1) is 29.0 Å². The Hall–Kier alpha value is -4.40. The van der Waals surface area contributed by atoms with E-state index in [2.05, 4.69) is 18.8 Å². The van der Waals surface area contributed by atoms with Crippen molar-refractivity contribution in [1.29, 1.82) is 0 Å². The van der Waals surface area contributed by atoms with Crippen LogP contribution < -0.4 is 0 Å². The lowest BCUT2D eigenvalue weighted by atomic mass is 10.1. The third-order valence-corrected chi connectivity index (χ3v) is 6.10. The topological polar surface area (TPSA) is 64.1 Å². The summed E-state index contributed by atoms with van der Waals surface area (Å²) in [7, 11) is 5.55. The second-order valence-electron chi connectivity index (χ2n) is 9.82. The van der Waals surface area contributed by atoms with Gasteiger partial charge in [-0.3, -0.25) is 4.57 Å². The van der Waals surface area contributed by atoms with Crippen LogP contribution in [0.4, 0.5) is 14.7 Å². The first-order chi connectivity index (χ1) is 18.2. The Kier molecular flexibility index (Phi) is 6.75. The zero-order chi connectivity index (χ0) is 27.0. The van der Waals surface area contributed by atoms with Crippen LogP contribution in [0.2, 0.25) is 0 Å². The van der Waals surface area contributed by atoms with Crippen molar-refractivity contribution in [3.8, 4) is 34.0 Å². The summed E-state index contributed by atoms with van der Waals surface area (Å²) < 4.78 is 33.4. The van der Waals surface area contributed by atoms with E-state index in [1.807, 2.05) is 66.0 Å². The minimum Gasteiger partial charge on any atom is -0.369 e. The maximum Gasteiger partial charge on any atom is 0.233 e. The number of aliphatic imine (C=N–C) groups is 1. The minimum atomic E-state index is -0.675. The van der Waals surface area contributed by atoms with Crippen molar-refractivity contribution in [3.05, 3.63) is 72.3 Å². The van der Waals surface area contributed by atoms with Crippen molar-refractivity contribution in [2.75, 3.05) is 14.1 Å². The van der Waals surface area contributed by atoms with Gasteiger partial charge in [0.1, 0.15) is 23.0 Å². The molecule has 2 aromatic carbocycles. The molecule has 0 saturated carbocycles. The predicted octanol–water partition coefficient (Wildman–Crippen LogP) is 6.32. The van der Waals surface area contributed by atoms with Gasteiger partial charge in [-0.15, -0.1) is 0 Å². The molecule has 3 heterocycles. The third-order valence-electron chi connectivity index (χ3n) is 6.10. The lowest BCUT2D eigenvalue weighted by Gasteiger charge is -2.11.